The maximum atomic E-state index is 11.3. The Morgan fingerprint density at radius 3 is 2.71 bits per heavy atom. The second-order valence-corrected chi connectivity index (χ2v) is 6.02. The Balaban J connectivity index is 2.39. The lowest BCUT2D eigenvalue weighted by atomic mass is 10.2. The molecule has 5 nitrogen and oxygen atoms in total. The van der Waals surface area contributed by atoms with Crippen molar-refractivity contribution in [1.82, 2.24) is 9.78 Å². The molecule has 2 rings (SSSR count). The largest absolute Gasteiger partial charge is 0.268 e. The number of rotatable bonds is 3. The average Bonchev–Trinajstić information content (AvgIpc) is 2.68. The van der Waals surface area contributed by atoms with Crippen molar-refractivity contribution >= 4 is 26.0 Å². The maximum absolute atomic E-state index is 11.3. The molecule has 0 aliphatic carbocycles. The lowest BCUT2D eigenvalue weighted by Gasteiger charge is -2.05. The fourth-order valence-corrected chi connectivity index (χ4v) is 2.76. The molecule has 0 spiro atoms. The minimum atomic E-state index is -3.69. The standard InChI is InChI=1S/C10H10BrN3O2S/c11-9-4-8(7-14-3-1-2-13-14)5-10(6-9)17(12,15)16/h1-6H,7H2,(H2,12,15,16). The van der Waals surface area contributed by atoms with Crippen LogP contribution in [-0.2, 0) is 16.6 Å². The number of benzene rings is 1. The van der Waals surface area contributed by atoms with Gasteiger partial charge in [-0.1, -0.05) is 15.9 Å². The van der Waals surface area contributed by atoms with E-state index in [0.717, 1.165) is 5.56 Å². The van der Waals surface area contributed by atoms with Gasteiger partial charge in [0.25, 0.3) is 0 Å². The Morgan fingerprint density at radius 1 is 1.35 bits per heavy atom. The summed E-state index contributed by atoms with van der Waals surface area (Å²) in [6.07, 6.45) is 3.47. The van der Waals surface area contributed by atoms with Gasteiger partial charge in [-0.05, 0) is 29.8 Å². The number of hydrogen-bond acceptors (Lipinski definition) is 3. The van der Waals surface area contributed by atoms with Crippen LogP contribution in [-0.4, -0.2) is 18.2 Å². The molecule has 2 aromatic rings. The molecule has 90 valence electrons. The number of nitrogens with zero attached hydrogens (tertiary/aromatic N) is 2. The van der Waals surface area contributed by atoms with Crippen LogP contribution in [0, 0.1) is 0 Å². The SMILES string of the molecule is NS(=O)(=O)c1cc(Br)cc(Cn2cccn2)c1. The molecular weight excluding hydrogens is 306 g/mol. The van der Waals surface area contributed by atoms with Crippen molar-refractivity contribution in [3.05, 3.63) is 46.7 Å². The van der Waals surface area contributed by atoms with Crippen LogP contribution < -0.4 is 5.14 Å². The topological polar surface area (TPSA) is 78.0 Å². The van der Waals surface area contributed by atoms with Gasteiger partial charge in [0.15, 0.2) is 0 Å². The fourth-order valence-electron chi connectivity index (χ4n) is 1.46. The Morgan fingerprint density at radius 2 is 2.12 bits per heavy atom. The zero-order valence-corrected chi connectivity index (χ0v) is 11.1. The van der Waals surface area contributed by atoms with Gasteiger partial charge in [0, 0.05) is 16.9 Å². The summed E-state index contributed by atoms with van der Waals surface area (Å²) in [7, 11) is -3.69. The fraction of sp³-hybridized carbons (Fsp3) is 0.100. The molecule has 0 saturated heterocycles. The van der Waals surface area contributed by atoms with Gasteiger partial charge in [-0.15, -0.1) is 0 Å². The molecule has 0 fully saturated rings. The van der Waals surface area contributed by atoms with E-state index in [0.29, 0.717) is 11.0 Å². The van der Waals surface area contributed by atoms with Gasteiger partial charge in [0.1, 0.15) is 0 Å². The van der Waals surface area contributed by atoms with Gasteiger partial charge >= 0.3 is 0 Å². The minimum absolute atomic E-state index is 0.0917. The second kappa shape index (κ2) is 4.59. The Bertz CT molecular complexity index is 623. The van der Waals surface area contributed by atoms with Crippen molar-refractivity contribution in [3.8, 4) is 0 Å². The third-order valence-corrected chi connectivity index (χ3v) is 3.51. The predicted octanol–water partition coefficient (Wildman–Crippen LogP) is 1.34. The number of sulfonamides is 1. The van der Waals surface area contributed by atoms with Crippen molar-refractivity contribution in [3.63, 3.8) is 0 Å². The quantitative estimate of drug-likeness (QED) is 0.928. The first-order valence-corrected chi connectivity index (χ1v) is 7.09. The van der Waals surface area contributed by atoms with Gasteiger partial charge in [0.2, 0.25) is 10.0 Å². The van der Waals surface area contributed by atoms with E-state index in [4.69, 9.17) is 5.14 Å². The first-order valence-electron chi connectivity index (χ1n) is 4.75. The molecule has 0 saturated carbocycles. The van der Waals surface area contributed by atoms with Crippen molar-refractivity contribution in [2.24, 2.45) is 5.14 Å². The number of nitrogens with two attached hydrogens (primary N) is 1. The Hall–Kier alpha value is -1.18. The van der Waals surface area contributed by atoms with E-state index in [1.54, 1.807) is 29.2 Å². The molecule has 1 heterocycles. The Labute approximate surface area is 107 Å². The van der Waals surface area contributed by atoms with E-state index in [1.807, 2.05) is 6.07 Å². The minimum Gasteiger partial charge on any atom is -0.268 e. The van der Waals surface area contributed by atoms with Crippen molar-refractivity contribution in [1.29, 1.82) is 0 Å². The highest BCUT2D eigenvalue weighted by Crippen LogP contribution is 2.19. The summed E-state index contributed by atoms with van der Waals surface area (Å²) in [6.45, 7) is 0.495. The molecule has 0 aliphatic rings. The van der Waals surface area contributed by atoms with Gasteiger partial charge < -0.3 is 0 Å². The molecular formula is C10H10BrN3O2S. The number of aromatic nitrogens is 2. The highest BCUT2D eigenvalue weighted by atomic mass is 79.9. The molecule has 0 aliphatic heterocycles. The highest BCUT2D eigenvalue weighted by molar-refractivity contribution is 9.10. The van der Waals surface area contributed by atoms with Gasteiger partial charge in [-0.3, -0.25) is 4.68 Å². The van der Waals surface area contributed by atoms with Gasteiger partial charge in [-0.25, -0.2) is 13.6 Å². The molecule has 0 amide bonds. The van der Waals surface area contributed by atoms with E-state index in [1.165, 1.54) is 6.07 Å². The normalized spacial score (nSPS) is 11.6. The van der Waals surface area contributed by atoms with E-state index in [2.05, 4.69) is 21.0 Å². The van der Waals surface area contributed by atoms with E-state index in [9.17, 15) is 8.42 Å². The lowest BCUT2D eigenvalue weighted by Crippen LogP contribution is -2.13. The molecule has 0 unspecified atom stereocenters. The number of halogens is 1. The highest BCUT2D eigenvalue weighted by Gasteiger charge is 2.10. The molecule has 7 heteroatoms. The predicted molar refractivity (Wildman–Crippen MR) is 66.8 cm³/mol. The summed E-state index contributed by atoms with van der Waals surface area (Å²) in [6, 6.07) is 6.65. The average molecular weight is 316 g/mol. The van der Waals surface area contributed by atoms with Crippen LogP contribution in [0.2, 0.25) is 0 Å². The zero-order chi connectivity index (χ0) is 12.5. The van der Waals surface area contributed by atoms with Crippen molar-refractivity contribution in [2.75, 3.05) is 0 Å². The second-order valence-electron chi connectivity index (χ2n) is 3.54. The van der Waals surface area contributed by atoms with Crippen LogP contribution in [0.4, 0.5) is 0 Å². The molecule has 0 bridgehead atoms. The summed E-state index contributed by atoms with van der Waals surface area (Å²) in [4.78, 5) is 0.0917. The first kappa shape index (κ1) is 12.3. The van der Waals surface area contributed by atoms with E-state index < -0.39 is 10.0 Å². The molecule has 2 N–H and O–H groups in total. The van der Waals surface area contributed by atoms with Gasteiger partial charge in [-0.2, -0.15) is 5.10 Å². The van der Waals surface area contributed by atoms with E-state index >= 15 is 0 Å². The summed E-state index contributed by atoms with van der Waals surface area (Å²) in [5, 5.41) is 9.15. The zero-order valence-electron chi connectivity index (χ0n) is 8.75. The molecule has 0 radical (unpaired) electrons. The molecule has 0 atom stereocenters. The third-order valence-electron chi connectivity index (χ3n) is 2.16. The molecule has 17 heavy (non-hydrogen) atoms. The van der Waals surface area contributed by atoms with Crippen molar-refractivity contribution in [2.45, 2.75) is 11.4 Å². The van der Waals surface area contributed by atoms with Crippen LogP contribution >= 0.6 is 15.9 Å². The summed E-state index contributed by atoms with van der Waals surface area (Å²) < 4.78 is 24.9. The van der Waals surface area contributed by atoms with E-state index in [-0.39, 0.29) is 4.90 Å². The van der Waals surface area contributed by atoms with Crippen LogP contribution in [0.25, 0.3) is 0 Å². The summed E-state index contributed by atoms with van der Waals surface area (Å²) in [5.41, 5.74) is 0.812. The van der Waals surface area contributed by atoms with Crippen molar-refractivity contribution < 1.29 is 8.42 Å². The Kier molecular flexibility index (Phi) is 3.32. The van der Waals surface area contributed by atoms with Crippen LogP contribution in [0.3, 0.4) is 0 Å². The third kappa shape index (κ3) is 3.15. The first-order chi connectivity index (χ1) is 7.95. The molecule has 1 aromatic heterocycles. The van der Waals surface area contributed by atoms with Gasteiger partial charge in [0.05, 0.1) is 11.4 Å². The monoisotopic (exact) mass is 315 g/mol. The van der Waals surface area contributed by atoms with Crippen LogP contribution in [0.15, 0.2) is 46.0 Å². The molecule has 1 aromatic carbocycles. The van der Waals surface area contributed by atoms with Crippen LogP contribution in [0.5, 0.6) is 0 Å². The van der Waals surface area contributed by atoms with Crippen LogP contribution in [0.1, 0.15) is 5.56 Å². The lowest BCUT2D eigenvalue weighted by molar-refractivity contribution is 0.597. The smallest absolute Gasteiger partial charge is 0.238 e. The summed E-state index contributed by atoms with van der Waals surface area (Å²) in [5.74, 6) is 0. The summed E-state index contributed by atoms with van der Waals surface area (Å²) >= 11 is 3.26. The number of primary sulfonamides is 1. The maximum Gasteiger partial charge on any atom is 0.238 e. The number of hydrogen-bond donors (Lipinski definition) is 1.